The maximum atomic E-state index is 13.1. The van der Waals surface area contributed by atoms with Gasteiger partial charge in [-0.25, -0.2) is 17.6 Å². The van der Waals surface area contributed by atoms with Crippen LogP contribution in [0.25, 0.3) is 22.6 Å². The van der Waals surface area contributed by atoms with Crippen LogP contribution in [0.4, 0.5) is 26.3 Å². The van der Waals surface area contributed by atoms with Gasteiger partial charge < -0.3 is 9.77 Å². The van der Waals surface area contributed by atoms with Crippen molar-refractivity contribution in [3.63, 3.8) is 0 Å². The molecule has 174 valence electrons. The molecule has 1 unspecified atom stereocenters. The molecule has 0 N–H and O–H groups in total. The summed E-state index contributed by atoms with van der Waals surface area (Å²) in [6.07, 6.45) is -3.86. The fourth-order valence-electron chi connectivity index (χ4n) is 2.77. The number of fused-ring (bicyclic) bond motifs is 1. The summed E-state index contributed by atoms with van der Waals surface area (Å²) in [5.41, 5.74) is -7.42. The Morgan fingerprint density at radius 1 is 1.19 bits per heavy atom. The first-order valence-electron chi connectivity index (χ1n) is 8.46. The zero-order valence-electron chi connectivity index (χ0n) is 16.0. The van der Waals surface area contributed by atoms with E-state index in [1.807, 2.05) is 0 Å². The van der Waals surface area contributed by atoms with E-state index in [1.54, 1.807) is 0 Å². The lowest BCUT2D eigenvalue weighted by atomic mass is 10.2. The predicted molar refractivity (Wildman–Crippen MR) is 98.1 cm³/mol. The summed E-state index contributed by atoms with van der Waals surface area (Å²) in [5, 5.41) is 10.8. The van der Waals surface area contributed by atoms with E-state index in [4.69, 9.17) is 0 Å². The molecule has 3 aromatic heterocycles. The van der Waals surface area contributed by atoms with Gasteiger partial charge in [-0.2, -0.15) is 31.1 Å². The van der Waals surface area contributed by atoms with Crippen LogP contribution in [0.5, 0.6) is 0 Å². The van der Waals surface area contributed by atoms with Gasteiger partial charge in [-0.05, 0) is 6.07 Å². The van der Waals surface area contributed by atoms with Gasteiger partial charge in [0, 0.05) is 19.3 Å². The van der Waals surface area contributed by atoms with Crippen molar-refractivity contribution in [1.29, 1.82) is 0 Å². The van der Waals surface area contributed by atoms with Crippen LogP contribution in [0, 0.1) is 5.21 Å². The van der Waals surface area contributed by atoms with Crippen LogP contribution in [-0.2, 0) is 33.9 Å². The Hall–Kier alpha value is -2.75. The van der Waals surface area contributed by atoms with Gasteiger partial charge in [0.1, 0.15) is 16.7 Å². The topological polar surface area (TPSA) is 109 Å². The molecular formula is C16H12F6N4O4S2. The first kappa shape index (κ1) is 23.9. The fraction of sp³-hybridized carbons (Fsp3) is 0.312. The normalized spacial score (nSPS) is 14.1. The number of imidazole rings is 1. The smallest absolute Gasteiger partial charge is 0.481 e. The summed E-state index contributed by atoms with van der Waals surface area (Å²) in [6.45, 7) is 1.20. The lowest BCUT2D eigenvalue weighted by molar-refractivity contribution is -0.645. The Morgan fingerprint density at radius 2 is 1.81 bits per heavy atom. The van der Waals surface area contributed by atoms with Crippen LogP contribution < -0.4 is 4.73 Å². The maximum Gasteiger partial charge on any atom is 0.481 e. The minimum Gasteiger partial charge on any atom is -0.618 e. The zero-order valence-corrected chi connectivity index (χ0v) is 17.7. The molecule has 16 heteroatoms. The van der Waals surface area contributed by atoms with Crippen molar-refractivity contribution in [3.05, 3.63) is 35.3 Å². The average molecular weight is 502 g/mol. The van der Waals surface area contributed by atoms with Crippen LogP contribution >= 0.6 is 0 Å². The minimum absolute atomic E-state index is 0.0977. The number of halogens is 6. The predicted octanol–water partition coefficient (Wildman–Crippen LogP) is 2.71. The second-order valence-corrected chi connectivity index (χ2v) is 10.1. The van der Waals surface area contributed by atoms with E-state index in [9.17, 15) is 44.2 Å². The van der Waals surface area contributed by atoms with Crippen molar-refractivity contribution in [3.8, 4) is 11.5 Å². The Kier molecular flexibility index (Phi) is 5.74. The van der Waals surface area contributed by atoms with E-state index in [-0.39, 0.29) is 21.6 Å². The molecule has 3 heterocycles. The van der Waals surface area contributed by atoms with E-state index in [2.05, 4.69) is 9.97 Å². The van der Waals surface area contributed by atoms with Gasteiger partial charge in [0.05, 0.1) is 16.2 Å². The number of pyridine rings is 2. The maximum absolute atomic E-state index is 13.1. The van der Waals surface area contributed by atoms with Gasteiger partial charge in [-0.1, -0.05) is 6.92 Å². The highest BCUT2D eigenvalue weighted by Gasteiger charge is 2.43. The van der Waals surface area contributed by atoms with Crippen LogP contribution in [0.1, 0.15) is 12.5 Å². The Bertz CT molecular complexity index is 1350. The molecule has 0 aromatic carbocycles. The number of nitrogens with zero attached hydrogens (tertiary/aromatic N) is 4. The summed E-state index contributed by atoms with van der Waals surface area (Å²) in [4.78, 5) is 6.76. The van der Waals surface area contributed by atoms with E-state index >= 15 is 0 Å². The van der Waals surface area contributed by atoms with E-state index < -0.39 is 59.3 Å². The molecule has 0 aliphatic carbocycles. The molecule has 0 saturated carbocycles. The number of hydrogen-bond donors (Lipinski definition) is 0. The van der Waals surface area contributed by atoms with Gasteiger partial charge in [-0.15, -0.1) is 0 Å². The van der Waals surface area contributed by atoms with Crippen LogP contribution in [0.3, 0.4) is 0 Å². The molecule has 0 spiro atoms. The summed E-state index contributed by atoms with van der Waals surface area (Å²) in [6, 6.07) is 0.992. The fourth-order valence-corrected chi connectivity index (χ4v) is 4.50. The standard InChI is InChI=1S/C16H12F6N4O4S2/c1-3-32(29,30)11-4-8(15(17,18)19)6-23-13(11)14-24-9-5-12(31(28)16(20,21)22)26(27)7-10(9)25(14)2/h4-7H,3H2,1-2H3. The third-order valence-corrected chi connectivity index (χ3v) is 7.23. The molecule has 0 radical (unpaired) electrons. The number of rotatable bonds is 4. The quantitative estimate of drug-likeness (QED) is 0.308. The highest BCUT2D eigenvalue weighted by molar-refractivity contribution is 7.91. The van der Waals surface area contributed by atoms with Crippen molar-refractivity contribution in [1.82, 2.24) is 14.5 Å². The third kappa shape index (κ3) is 4.15. The molecule has 0 amide bonds. The summed E-state index contributed by atoms with van der Waals surface area (Å²) < 4.78 is 115. The van der Waals surface area contributed by atoms with Crippen LogP contribution in [0.2, 0.25) is 0 Å². The van der Waals surface area contributed by atoms with E-state index in [0.717, 1.165) is 4.57 Å². The molecule has 1 atom stereocenters. The Balaban J connectivity index is 2.31. The van der Waals surface area contributed by atoms with Gasteiger partial charge >= 0.3 is 11.7 Å². The molecular weight excluding hydrogens is 490 g/mol. The van der Waals surface area contributed by atoms with Crippen molar-refractivity contribution >= 4 is 31.7 Å². The molecule has 32 heavy (non-hydrogen) atoms. The summed E-state index contributed by atoms with van der Waals surface area (Å²) >= 11 is 0. The lowest BCUT2D eigenvalue weighted by Crippen LogP contribution is -2.35. The van der Waals surface area contributed by atoms with Crippen molar-refractivity contribution in [2.24, 2.45) is 7.05 Å². The Labute approximate surface area is 178 Å². The highest BCUT2D eigenvalue weighted by Crippen LogP contribution is 2.35. The number of aryl methyl sites for hydroxylation is 1. The number of alkyl halides is 6. The van der Waals surface area contributed by atoms with Gasteiger partial charge in [-0.3, -0.25) is 4.98 Å². The van der Waals surface area contributed by atoms with Crippen molar-refractivity contribution < 1.29 is 43.7 Å². The molecule has 0 fully saturated rings. The average Bonchev–Trinajstić information content (AvgIpc) is 3.00. The summed E-state index contributed by atoms with van der Waals surface area (Å²) in [7, 11) is -6.67. The van der Waals surface area contributed by atoms with E-state index in [1.165, 1.54) is 14.0 Å². The van der Waals surface area contributed by atoms with Gasteiger partial charge in [0.25, 0.3) is 5.03 Å². The van der Waals surface area contributed by atoms with Gasteiger partial charge in [0.15, 0.2) is 15.7 Å². The monoisotopic (exact) mass is 502 g/mol. The number of aromatic nitrogens is 4. The summed E-state index contributed by atoms with van der Waals surface area (Å²) in [5.74, 6) is -0.891. The molecule has 8 nitrogen and oxygen atoms in total. The molecule has 0 bridgehead atoms. The lowest BCUT2D eigenvalue weighted by Gasteiger charge is -2.12. The molecule has 3 aromatic rings. The first-order valence-corrected chi connectivity index (χ1v) is 11.3. The number of sulfone groups is 1. The van der Waals surface area contributed by atoms with Crippen molar-refractivity contribution in [2.45, 2.75) is 28.5 Å². The van der Waals surface area contributed by atoms with Crippen molar-refractivity contribution in [2.75, 3.05) is 5.75 Å². The second kappa shape index (κ2) is 7.68. The number of hydrogen-bond acceptors (Lipinski definition) is 6. The molecule has 0 aliphatic rings. The van der Waals surface area contributed by atoms with Crippen LogP contribution in [-0.4, -0.2) is 38.4 Å². The second-order valence-electron chi connectivity index (χ2n) is 6.39. The molecule has 0 saturated heterocycles. The molecule has 0 aliphatic heterocycles. The van der Waals surface area contributed by atoms with Crippen LogP contribution in [0.15, 0.2) is 34.4 Å². The highest BCUT2D eigenvalue weighted by atomic mass is 32.2. The zero-order chi connectivity index (χ0) is 24.2. The van der Waals surface area contributed by atoms with Gasteiger partial charge in [0.2, 0.25) is 17.0 Å². The van der Waals surface area contributed by atoms with E-state index in [0.29, 0.717) is 24.5 Å². The SMILES string of the molecule is CCS(=O)(=O)c1cc(C(F)(F)F)cnc1-c1nc2cc(S(=O)C(F)(F)F)[n+]([O-])cc2n1C. The third-order valence-electron chi connectivity index (χ3n) is 4.39. The largest absolute Gasteiger partial charge is 0.618 e. The first-order chi connectivity index (χ1) is 14.6. The minimum atomic E-state index is -5.23. The Morgan fingerprint density at radius 3 is 2.34 bits per heavy atom. The molecule has 3 rings (SSSR count).